The van der Waals surface area contributed by atoms with Crippen LogP contribution in [0.3, 0.4) is 0 Å². The molecule has 4 aromatic heterocycles. The van der Waals surface area contributed by atoms with Crippen molar-refractivity contribution in [2.75, 3.05) is 6.26 Å². The van der Waals surface area contributed by atoms with Gasteiger partial charge in [-0.3, -0.25) is 14.2 Å². The molecule has 0 aromatic carbocycles. The number of fused-ring (bicyclic) bond motifs is 2. The van der Waals surface area contributed by atoms with E-state index in [1.54, 1.807) is 28.8 Å². The molecular weight excluding hydrogens is 370 g/mol. The van der Waals surface area contributed by atoms with Crippen LogP contribution >= 0.6 is 11.3 Å². The minimum atomic E-state index is -3.41. The molecule has 132 valence electrons. The third kappa shape index (κ3) is 2.56. The highest BCUT2D eigenvalue weighted by Crippen LogP contribution is 2.29. The maximum atomic E-state index is 12.0. The van der Waals surface area contributed by atoms with Crippen molar-refractivity contribution in [1.82, 2.24) is 18.8 Å². The van der Waals surface area contributed by atoms with Crippen LogP contribution in [0.4, 0.5) is 0 Å². The molecule has 0 bridgehead atoms. The Kier molecular flexibility index (Phi) is 3.78. The van der Waals surface area contributed by atoms with Crippen LogP contribution in [-0.4, -0.2) is 39.2 Å². The number of nitrogens with zero attached hydrogens (tertiary/aromatic N) is 4. The van der Waals surface area contributed by atoms with Gasteiger partial charge in [-0.05, 0) is 25.1 Å². The predicted octanol–water partition coefficient (Wildman–Crippen LogP) is 3.06. The molecule has 0 atom stereocenters. The summed E-state index contributed by atoms with van der Waals surface area (Å²) in [7, 11) is -3.41. The Labute approximate surface area is 153 Å². The predicted molar refractivity (Wildman–Crippen MR) is 102 cm³/mol. The van der Waals surface area contributed by atoms with Gasteiger partial charge >= 0.3 is 0 Å². The van der Waals surface area contributed by atoms with Crippen LogP contribution in [-0.2, 0) is 9.84 Å². The number of imidazole rings is 2. The minimum absolute atomic E-state index is 0.130. The first-order chi connectivity index (χ1) is 12.4. The first-order valence-electron chi connectivity index (χ1n) is 7.75. The van der Waals surface area contributed by atoms with Crippen molar-refractivity contribution in [2.45, 2.75) is 11.9 Å². The van der Waals surface area contributed by atoms with Crippen LogP contribution in [0.25, 0.3) is 21.9 Å². The second-order valence-corrected chi connectivity index (χ2v) is 8.63. The molecule has 0 spiro atoms. The summed E-state index contributed by atoms with van der Waals surface area (Å²) in [6.07, 6.45) is 9.62. The Balaban J connectivity index is 2.02. The van der Waals surface area contributed by atoms with Gasteiger partial charge in [-0.15, -0.1) is 11.3 Å². The monoisotopic (exact) mass is 385 g/mol. The number of nitrogens with one attached hydrogen (secondary N) is 1. The van der Waals surface area contributed by atoms with Crippen LogP contribution in [0.2, 0.25) is 0 Å². The van der Waals surface area contributed by atoms with E-state index >= 15 is 0 Å². The Bertz CT molecular complexity index is 1290. The van der Waals surface area contributed by atoms with E-state index in [1.807, 2.05) is 29.0 Å². The number of pyridine rings is 1. The van der Waals surface area contributed by atoms with Crippen molar-refractivity contribution in [3.05, 3.63) is 53.9 Å². The topological polar surface area (TPSA) is 92.6 Å². The molecule has 0 fully saturated rings. The molecule has 4 rings (SSSR count). The summed E-state index contributed by atoms with van der Waals surface area (Å²) in [6, 6.07) is 3.63. The zero-order valence-electron chi connectivity index (χ0n) is 14.0. The summed E-state index contributed by atoms with van der Waals surface area (Å²) in [5, 5.41) is 10.3. The zero-order valence-corrected chi connectivity index (χ0v) is 15.7. The van der Waals surface area contributed by atoms with Crippen LogP contribution < -0.4 is 0 Å². The van der Waals surface area contributed by atoms with Crippen molar-refractivity contribution < 1.29 is 8.42 Å². The third-order valence-corrected chi connectivity index (χ3v) is 5.79. The quantitative estimate of drug-likeness (QED) is 0.547. The first-order valence-corrected chi connectivity index (χ1v) is 10.5. The molecule has 4 aromatic rings. The molecule has 0 aliphatic heterocycles. The Morgan fingerprint density at radius 2 is 2.12 bits per heavy atom. The molecule has 9 heteroatoms. The van der Waals surface area contributed by atoms with E-state index in [2.05, 4.69) is 9.97 Å². The number of rotatable bonds is 4. The molecule has 0 saturated heterocycles. The summed E-state index contributed by atoms with van der Waals surface area (Å²) < 4.78 is 27.5. The Morgan fingerprint density at radius 3 is 2.85 bits per heavy atom. The molecule has 26 heavy (non-hydrogen) atoms. The standard InChI is InChI=1S/C17H15N5O2S2/c1-3-4-12(18)15-16(21-7-8-25-17(21)20-15)11-5-6-13-19-9-14(22(13)10-11)26(2,23)24/h3-10,18H,1-2H3/b4-3-,18-12?. The van der Waals surface area contributed by atoms with Crippen LogP contribution in [0.15, 0.2) is 53.3 Å². The van der Waals surface area contributed by atoms with E-state index < -0.39 is 9.84 Å². The third-order valence-electron chi connectivity index (χ3n) is 3.98. The maximum absolute atomic E-state index is 12.0. The Morgan fingerprint density at radius 1 is 1.31 bits per heavy atom. The van der Waals surface area contributed by atoms with Gasteiger partial charge in [0.15, 0.2) is 19.8 Å². The van der Waals surface area contributed by atoms with Gasteiger partial charge in [0.1, 0.15) is 11.3 Å². The fraction of sp³-hybridized carbons (Fsp3) is 0.118. The lowest BCUT2D eigenvalue weighted by Crippen LogP contribution is -2.03. The van der Waals surface area contributed by atoms with E-state index in [0.717, 1.165) is 22.5 Å². The van der Waals surface area contributed by atoms with Gasteiger partial charge in [-0.25, -0.2) is 18.4 Å². The number of sulfone groups is 1. The maximum Gasteiger partial charge on any atom is 0.194 e. The highest BCUT2D eigenvalue weighted by Gasteiger charge is 2.20. The van der Waals surface area contributed by atoms with Crippen molar-refractivity contribution in [3.8, 4) is 11.3 Å². The average Bonchev–Trinajstić information content (AvgIpc) is 3.27. The number of thiazole rings is 1. The smallest absolute Gasteiger partial charge is 0.194 e. The fourth-order valence-electron chi connectivity index (χ4n) is 2.87. The summed E-state index contributed by atoms with van der Waals surface area (Å²) in [5.41, 5.74) is 2.91. The van der Waals surface area contributed by atoms with E-state index in [1.165, 1.54) is 17.5 Å². The van der Waals surface area contributed by atoms with Crippen LogP contribution in [0.1, 0.15) is 12.6 Å². The Hall–Kier alpha value is -2.78. The van der Waals surface area contributed by atoms with Crippen LogP contribution in [0.5, 0.6) is 0 Å². The van der Waals surface area contributed by atoms with E-state index in [-0.39, 0.29) is 5.03 Å². The number of hydrogen-bond acceptors (Lipinski definition) is 6. The van der Waals surface area contributed by atoms with Gasteiger partial charge in [0.2, 0.25) is 0 Å². The van der Waals surface area contributed by atoms with E-state index in [4.69, 9.17) is 5.41 Å². The highest BCUT2D eigenvalue weighted by molar-refractivity contribution is 7.90. The first kappa shape index (κ1) is 16.7. The van der Waals surface area contributed by atoms with Gasteiger partial charge in [0.05, 0.1) is 17.6 Å². The van der Waals surface area contributed by atoms with E-state index in [0.29, 0.717) is 17.1 Å². The lowest BCUT2D eigenvalue weighted by molar-refractivity contribution is 0.597. The van der Waals surface area contributed by atoms with Gasteiger partial charge < -0.3 is 0 Å². The average molecular weight is 385 g/mol. The normalized spacial score (nSPS) is 12.5. The second kappa shape index (κ2) is 5.89. The van der Waals surface area contributed by atoms with Gasteiger partial charge in [0.25, 0.3) is 0 Å². The van der Waals surface area contributed by atoms with Crippen molar-refractivity contribution in [1.29, 1.82) is 5.41 Å². The molecule has 4 heterocycles. The van der Waals surface area contributed by atoms with Crippen molar-refractivity contribution in [3.63, 3.8) is 0 Å². The molecule has 0 unspecified atom stereocenters. The summed E-state index contributed by atoms with van der Waals surface area (Å²) in [4.78, 5) is 9.50. The van der Waals surface area contributed by atoms with Gasteiger partial charge in [-0.2, -0.15) is 0 Å². The summed E-state index contributed by atoms with van der Waals surface area (Å²) in [6.45, 7) is 1.85. The molecule has 0 radical (unpaired) electrons. The summed E-state index contributed by atoms with van der Waals surface area (Å²) >= 11 is 1.48. The molecular formula is C17H15N5O2S2. The fourth-order valence-corrected chi connectivity index (χ4v) is 4.33. The van der Waals surface area contributed by atoms with E-state index in [9.17, 15) is 8.42 Å². The van der Waals surface area contributed by atoms with Crippen LogP contribution in [0, 0.1) is 5.41 Å². The van der Waals surface area contributed by atoms with Crippen molar-refractivity contribution in [2.24, 2.45) is 0 Å². The molecule has 0 aliphatic carbocycles. The number of aromatic nitrogens is 4. The number of allylic oxidation sites excluding steroid dienone is 2. The largest absolute Gasteiger partial charge is 0.299 e. The molecule has 0 saturated carbocycles. The lowest BCUT2D eigenvalue weighted by Gasteiger charge is -2.06. The lowest BCUT2D eigenvalue weighted by atomic mass is 10.1. The minimum Gasteiger partial charge on any atom is -0.299 e. The molecule has 7 nitrogen and oxygen atoms in total. The SMILES string of the molecule is C/C=C\C(=N)c1nc2sccn2c1-c1ccc2ncc(S(C)(=O)=O)n2c1. The van der Waals surface area contributed by atoms with Gasteiger partial charge in [0, 0.05) is 29.6 Å². The molecule has 1 N–H and O–H groups in total. The highest BCUT2D eigenvalue weighted by atomic mass is 32.2. The number of hydrogen-bond donors (Lipinski definition) is 1. The molecule has 0 amide bonds. The summed E-state index contributed by atoms with van der Waals surface area (Å²) in [5.74, 6) is 0. The molecule has 0 aliphatic rings. The van der Waals surface area contributed by atoms with Crippen molar-refractivity contribution >= 4 is 37.5 Å². The second-order valence-electron chi connectivity index (χ2n) is 5.79. The van der Waals surface area contributed by atoms with Gasteiger partial charge in [-0.1, -0.05) is 6.08 Å². The zero-order chi connectivity index (χ0) is 18.5.